The van der Waals surface area contributed by atoms with Gasteiger partial charge in [-0.25, -0.2) is 17.6 Å². The van der Waals surface area contributed by atoms with Crippen LogP contribution in [-0.2, 0) is 0 Å². The summed E-state index contributed by atoms with van der Waals surface area (Å²) < 4.78 is 48.0. The Hall–Kier alpha value is -0.280. The molecule has 0 bridgehead atoms. The van der Waals surface area contributed by atoms with Gasteiger partial charge < -0.3 is 0 Å². The molecule has 1 atom stereocenters. The predicted molar refractivity (Wildman–Crippen MR) is 30.7 cm³/mol. The molecule has 0 saturated carbocycles. The summed E-state index contributed by atoms with van der Waals surface area (Å²) in [5.74, 6) is -3.13. The molecule has 0 radical (unpaired) electrons. The van der Waals surface area contributed by atoms with Crippen LogP contribution in [0, 0.1) is 0 Å². The van der Waals surface area contributed by atoms with E-state index in [9.17, 15) is 17.6 Å². The SMILES string of the molecule is CC(F)(F)CC(C)(F)CF. The smallest absolute Gasteiger partial charge is 0.248 e. The average Bonchev–Trinajstić information content (AvgIpc) is 1.60. The molecule has 10 heavy (non-hydrogen) atoms. The van der Waals surface area contributed by atoms with Gasteiger partial charge >= 0.3 is 0 Å². The summed E-state index contributed by atoms with van der Waals surface area (Å²) in [5.41, 5.74) is -2.39. The molecule has 0 aromatic rings. The molecule has 0 saturated heterocycles. The highest BCUT2D eigenvalue weighted by Gasteiger charge is 2.35. The van der Waals surface area contributed by atoms with E-state index in [1.807, 2.05) is 0 Å². The minimum Gasteiger partial charge on any atom is -0.248 e. The predicted octanol–water partition coefficient (Wildman–Crippen LogP) is 2.73. The largest absolute Gasteiger partial charge is 0.248 e. The molecule has 0 spiro atoms. The molecule has 1 unspecified atom stereocenters. The van der Waals surface area contributed by atoms with Gasteiger partial charge in [0.2, 0.25) is 5.92 Å². The van der Waals surface area contributed by atoms with Crippen LogP contribution >= 0.6 is 0 Å². The number of alkyl halides is 4. The molecule has 0 heterocycles. The molecule has 0 aromatic carbocycles. The highest BCUT2D eigenvalue weighted by Crippen LogP contribution is 2.28. The molecule has 62 valence electrons. The van der Waals surface area contributed by atoms with Crippen LogP contribution in [0.25, 0.3) is 0 Å². The molecule has 0 aromatic heterocycles. The average molecular weight is 158 g/mol. The van der Waals surface area contributed by atoms with E-state index in [1.54, 1.807) is 0 Å². The van der Waals surface area contributed by atoms with Crippen LogP contribution in [0.4, 0.5) is 17.6 Å². The monoisotopic (exact) mass is 158 g/mol. The first-order valence-corrected chi connectivity index (χ1v) is 2.89. The zero-order valence-corrected chi connectivity index (χ0v) is 5.93. The molecule has 0 rings (SSSR count). The summed E-state index contributed by atoms with van der Waals surface area (Å²) in [6, 6.07) is 0. The van der Waals surface area contributed by atoms with Gasteiger partial charge in [-0.15, -0.1) is 0 Å². The molecule has 4 heteroatoms. The van der Waals surface area contributed by atoms with E-state index in [-0.39, 0.29) is 0 Å². The molecule has 0 fully saturated rings. The van der Waals surface area contributed by atoms with Crippen LogP contribution in [0.3, 0.4) is 0 Å². The molecule has 0 aliphatic carbocycles. The fourth-order valence-corrected chi connectivity index (χ4v) is 0.694. The lowest BCUT2D eigenvalue weighted by atomic mass is 10.0. The van der Waals surface area contributed by atoms with Crippen LogP contribution in [0.15, 0.2) is 0 Å². The number of rotatable bonds is 3. The standard InChI is InChI=1S/C6H10F4/c1-5(8,4-7)3-6(2,9)10/h3-4H2,1-2H3. The summed E-state index contributed by atoms with van der Waals surface area (Å²) in [4.78, 5) is 0. The van der Waals surface area contributed by atoms with Gasteiger partial charge in [-0.1, -0.05) is 0 Å². The topological polar surface area (TPSA) is 0 Å². The lowest BCUT2D eigenvalue weighted by Gasteiger charge is -2.20. The summed E-state index contributed by atoms with van der Waals surface area (Å²) in [6.07, 6.45) is -1.06. The van der Waals surface area contributed by atoms with Gasteiger partial charge in [0.25, 0.3) is 0 Å². The van der Waals surface area contributed by atoms with Crippen molar-refractivity contribution in [2.45, 2.75) is 31.9 Å². The fourth-order valence-electron chi connectivity index (χ4n) is 0.694. The Kier molecular flexibility index (Phi) is 2.68. The first kappa shape index (κ1) is 9.72. The van der Waals surface area contributed by atoms with Crippen molar-refractivity contribution in [3.05, 3.63) is 0 Å². The highest BCUT2D eigenvalue weighted by atomic mass is 19.3. The third-order valence-corrected chi connectivity index (χ3v) is 0.958. The minimum atomic E-state index is -3.13. The van der Waals surface area contributed by atoms with E-state index >= 15 is 0 Å². The Balaban J connectivity index is 3.89. The lowest BCUT2D eigenvalue weighted by Crippen LogP contribution is -2.29. The molecule has 0 aliphatic heterocycles. The Labute approximate surface area is 57.2 Å². The van der Waals surface area contributed by atoms with Crippen LogP contribution < -0.4 is 0 Å². The van der Waals surface area contributed by atoms with Gasteiger partial charge in [-0.05, 0) is 13.8 Å². The first-order chi connectivity index (χ1) is 4.27. The quantitative estimate of drug-likeness (QED) is 0.554. The Morgan fingerprint density at radius 3 is 1.60 bits per heavy atom. The van der Waals surface area contributed by atoms with Crippen molar-refractivity contribution in [2.24, 2.45) is 0 Å². The normalized spacial score (nSPS) is 18.6. The fraction of sp³-hybridized carbons (Fsp3) is 1.00. The van der Waals surface area contributed by atoms with Gasteiger partial charge in [-0.3, -0.25) is 0 Å². The second kappa shape index (κ2) is 2.76. The summed E-state index contributed by atoms with van der Waals surface area (Å²) in [6.45, 7) is 0.0291. The van der Waals surface area contributed by atoms with Gasteiger partial charge in [0.1, 0.15) is 12.3 Å². The van der Waals surface area contributed by atoms with Gasteiger partial charge in [0.15, 0.2) is 0 Å². The van der Waals surface area contributed by atoms with E-state index < -0.39 is 24.7 Å². The summed E-state index contributed by atoms with van der Waals surface area (Å²) in [5, 5.41) is 0. The second-order valence-corrected chi connectivity index (χ2v) is 2.79. The van der Waals surface area contributed by atoms with Crippen molar-refractivity contribution >= 4 is 0 Å². The zero-order valence-electron chi connectivity index (χ0n) is 5.93. The molecule has 0 N–H and O–H groups in total. The molecular formula is C6H10F4. The Bertz CT molecular complexity index is 103. The minimum absolute atomic E-state index is 0.570. The van der Waals surface area contributed by atoms with Crippen LogP contribution in [0.1, 0.15) is 20.3 Å². The lowest BCUT2D eigenvalue weighted by molar-refractivity contribution is -0.0425. The zero-order chi connectivity index (χ0) is 8.41. The maximum absolute atomic E-state index is 12.5. The maximum Gasteiger partial charge on any atom is 0.248 e. The number of hydrogen-bond donors (Lipinski definition) is 0. The van der Waals surface area contributed by atoms with Gasteiger partial charge in [0.05, 0.1) is 0 Å². The number of hydrogen-bond acceptors (Lipinski definition) is 0. The van der Waals surface area contributed by atoms with E-state index in [0.717, 1.165) is 6.92 Å². The second-order valence-electron chi connectivity index (χ2n) is 2.79. The molecular weight excluding hydrogens is 148 g/mol. The van der Waals surface area contributed by atoms with Crippen LogP contribution in [0.5, 0.6) is 0 Å². The van der Waals surface area contributed by atoms with Crippen LogP contribution in [0.2, 0.25) is 0 Å². The van der Waals surface area contributed by atoms with Crippen molar-refractivity contribution in [3.8, 4) is 0 Å². The van der Waals surface area contributed by atoms with E-state index in [1.165, 1.54) is 0 Å². The third-order valence-electron chi connectivity index (χ3n) is 0.958. The Morgan fingerprint density at radius 2 is 1.50 bits per heavy atom. The molecule has 0 nitrogen and oxygen atoms in total. The summed E-state index contributed by atoms with van der Waals surface area (Å²) >= 11 is 0. The van der Waals surface area contributed by atoms with E-state index in [0.29, 0.717) is 6.92 Å². The molecule has 0 aliphatic rings. The summed E-state index contributed by atoms with van der Waals surface area (Å²) in [7, 11) is 0. The van der Waals surface area contributed by atoms with Gasteiger partial charge in [0, 0.05) is 6.42 Å². The number of halogens is 4. The van der Waals surface area contributed by atoms with Crippen molar-refractivity contribution in [3.63, 3.8) is 0 Å². The van der Waals surface area contributed by atoms with Crippen molar-refractivity contribution in [2.75, 3.05) is 6.67 Å². The van der Waals surface area contributed by atoms with Crippen molar-refractivity contribution < 1.29 is 17.6 Å². The van der Waals surface area contributed by atoms with E-state index in [2.05, 4.69) is 0 Å². The van der Waals surface area contributed by atoms with E-state index in [4.69, 9.17) is 0 Å². The van der Waals surface area contributed by atoms with Crippen LogP contribution in [-0.4, -0.2) is 18.3 Å². The van der Waals surface area contributed by atoms with Crippen molar-refractivity contribution in [1.29, 1.82) is 0 Å². The first-order valence-electron chi connectivity index (χ1n) is 2.89. The molecule has 0 amide bonds. The van der Waals surface area contributed by atoms with Gasteiger partial charge in [-0.2, -0.15) is 0 Å². The Morgan fingerprint density at radius 1 is 1.10 bits per heavy atom. The maximum atomic E-state index is 12.5. The third kappa shape index (κ3) is 4.58. The highest BCUT2D eigenvalue weighted by molar-refractivity contribution is 4.78. The van der Waals surface area contributed by atoms with Crippen molar-refractivity contribution in [1.82, 2.24) is 0 Å².